The third-order valence-corrected chi connectivity index (χ3v) is 5.26. The van der Waals surface area contributed by atoms with Gasteiger partial charge in [-0.15, -0.1) is 6.42 Å². The molecule has 0 aromatic heterocycles. The summed E-state index contributed by atoms with van der Waals surface area (Å²) >= 11 is 13.4. The molecule has 1 N–H and O–H groups in total. The Morgan fingerprint density at radius 2 is 1.97 bits per heavy atom. The number of nitrogens with zero attached hydrogens (tertiary/aromatic N) is 1. The monoisotopic (exact) mass is 467 g/mol. The number of hydrogen-bond donors (Lipinski definition) is 1. The topological polar surface area (TPSA) is 85.2 Å². The van der Waals surface area contributed by atoms with Crippen LogP contribution in [0, 0.1) is 12.3 Å². The third-order valence-electron chi connectivity index (χ3n) is 3.68. The highest BCUT2D eigenvalue weighted by Crippen LogP contribution is 2.41. The molecule has 0 aliphatic carbocycles. The van der Waals surface area contributed by atoms with Crippen molar-refractivity contribution in [2.24, 2.45) is 4.99 Å². The molecule has 0 spiro atoms. The molecule has 30 heavy (non-hydrogen) atoms. The lowest BCUT2D eigenvalue weighted by molar-refractivity contribution is -0.138. The van der Waals surface area contributed by atoms with E-state index in [4.69, 9.17) is 39.1 Å². The van der Waals surface area contributed by atoms with Crippen LogP contribution in [0.1, 0.15) is 32.3 Å². The molecule has 158 valence electrons. The summed E-state index contributed by atoms with van der Waals surface area (Å²) < 4.78 is 10.3. The zero-order valence-electron chi connectivity index (χ0n) is 16.3. The molecular weight excluding hydrogens is 449 g/mol. The van der Waals surface area contributed by atoms with Crippen LogP contribution < -0.4 is 4.74 Å². The highest BCUT2D eigenvalue weighted by Gasteiger charge is 2.33. The quantitative estimate of drug-likeness (QED) is 0.438. The van der Waals surface area contributed by atoms with Crippen LogP contribution in [0.15, 0.2) is 33.4 Å². The van der Waals surface area contributed by atoms with Crippen molar-refractivity contribution in [1.29, 1.82) is 0 Å². The number of thioether (sulfide) groups is 1. The maximum absolute atomic E-state index is 12.3. The van der Waals surface area contributed by atoms with E-state index < -0.39 is 11.9 Å². The first-order chi connectivity index (χ1) is 14.3. The number of halogens is 2. The number of hydrogen-bond acceptors (Lipinski definition) is 6. The summed E-state index contributed by atoms with van der Waals surface area (Å²) in [7, 11) is 0. The molecule has 9 heteroatoms. The first kappa shape index (κ1) is 23.9. The second-order valence-corrected chi connectivity index (χ2v) is 7.77. The smallest absolute Gasteiger partial charge is 0.344 e. The molecule has 1 aliphatic heterocycles. The molecule has 0 saturated carbocycles. The molecular formula is C21H19Cl2NO5S. The fraction of sp³-hybridized carbons (Fsp3) is 0.286. The molecule has 1 amide bonds. The fourth-order valence-electron chi connectivity index (χ4n) is 2.44. The first-order valence-electron chi connectivity index (χ1n) is 8.99. The summed E-state index contributed by atoms with van der Waals surface area (Å²) in [6.45, 7) is 3.60. The summed E-state index contributed by atoms with van der Waals surface area (Å²) in [6.07, 6.45) is 7.58. The van der Waals surface area contributed by atoms with Gasteiger partial charge in [-0.3, -0.25) is 4.79 Å². The number of aliphatic imine (C=N–C) groups is 1. The molecule has 2 rings (SSSR count). The Labute approximate surface area is 188 Å². The number of benzene rings is 1. The van der Waals surface area contributed by atoms with Gasteiger partial charge in [-0.2, -0.15) is 0 Å². The molecule has 0 fully saturated rings. The average Bonchev–Trinajstić information content (AvgIpc) is 2.96. The minimum atomic E-state index is -0.761. The number of esters is 1. The summed E-state index contributed by atoms with van der Waals surface area (Å²) in [6, 6.07) is 3.14. The van der Waals surface area contributed by atoms with Gasteiger partial charge in [0, 0.05) is 6.42 Å². The standard InChI is InChI=1S/C21H19Cl2NO5S/c1-4-7-16(25)24-20-17(21(27)28-6-3)18(26)15(30-20)11-12-9-13(22)19(14(23)10-12)29-8-5-2/h2,9-11,26H,4,6-8H2,1,3H3/b15-11-,24-20?. The van der Waals surface area contributed by atoms with E-state index in [1.54, 1.807) is 25.1 Å². The molecule has 0 bridgehead atoms. The van der Waals surface area contributed by atoms with Gasteiger partial charge in [-0.1, -0.05) is 47.8 Å². The largest absolute Gasteiger partial charge is 0.506 e. The summed E-state index contributed by atoms with van der Waals surface area (Å²) in [4.78, 5) is 28.5. The molecule has 0 atom stereocenters. The third kappa shape index (κ3) is 5.82. The number of carbonyl (C=O) groups excluding carboxylic acids is 2. The Kier molecular flexibility index (Phi) is 8.85. The van der Waals surface area contributed by atoms with Crippen molar-refractivity contribution in [3.63, 3.8) is 0 Å². The molecule has 6 nitrogen and oxygen atoms in total. The number of rotatable bonds is 7. The van der Waals surface area contributed by atoms with Gasteiger partial charge in [-0.05, 0) is 37.1 Å². The summed E-state index contributed by atoms with van der Waals surface area (Å²) in [5.74, 6) is 1.09. The minimum Gasteiger partial charge on any atom is -0.506 e. The predicted octanol–water partition coefficient (Wildman–Crippen LogP) is 5.19. The number of terminal acetylenes is 1. The maximum Gasteiger partial charge on any atom is 0.344 e. The number of aliphatic hydroxyl groups excluding tert-OH is 1. The van der Waals surface area contributed by atoms with E-state index in [1.807, 2.05) is 6.92 Å². The maximum atomic E-state index is 12.3. The molecule has 0 radical (unpaired) electrons. The molecule has 1 heterocycles. The lowest BCUT2D eigenvalue weighted by atomic mass is 10.1. The average molecular weight is 468 g/mol. The van der Waals surface area contributed by atoms with E-state index in [0.29, 0.717) is 16.9 Å². The van der Waals surface area contributed by atoms with Gasteiger partial charge in [-0.25, -0.2) is 9.79 Å². The molecule has 1 aromatic carbocycles. The normalized spacial score (nSPS) is 16.1. The second-order valence-electron chi connectivity index (χ2n) is 5.92. The van der Waals surface area contributed by atoms with Crippen LogP contribution in [0.4, 0.5) is 0 Å². The zero-order valence-corrected chi connectivity index (χ0v) is 18.7. The van der Waals surface area contributed by atoms with Crippen LogP contribution in [0.2, 0.25) is 10.0 Å². The van der Waals surface area contributed by atoms with Crippen molar-refractivity contribution in [2.45, 2.75) is 26.7 Å². The minimum absolute atomic E-state index is 0.00770. The van der Waals surface area contributed by atoms with Crippen LogP contribution in [0.5, 0.6) is 5.75 Å². The van der Waals surface area contributed by atoms with Gasteiger partial charge in [0.25, 0.3) is 0 Å². The van der Waals surface area contributed by atoms with Crippen molar-refractivity contribution in [1.82, 2.24) is 0 Å². The lowest BCUT2D eigenvalue weighted by Crippen LogP contribution is -2.14. The van der Waals surface area contributed by atoms with Gasteiger partial charge in [0.05, 0.1) is 21.6 Å². The molecule has 1 aliphatic rings. The SMILES string of the molecule is C#CCOc1c(Cl)cc(/C=C2\SC(=NC(=O)CCC)C(C(=O)OCC)=C2O)cc1Cl. The Hall–Kier alpha value is -2.40. The second kappa shape index (κ2) is 11.1. The van der Waals surface area contributed by atoms with Crippen LogP contribution >= 0.6 is 35.0 Å². The van der Waals surface area contributed by atoms with Crippen LogP contribution in [-0.2, 0) is 14.3 Å². The van der Waals surface area contributed by atoms with Gasteiger partial charge >= 0.3 is 5.97 Å². The first-order valence-corrected chi connectivity index (χ1v) is 10.6. The Morgan fingerprint density at radius 3 is 2.53 bits per heavy atom. The Bertz CT molecular complexity index is 969. The van der Waals surface area contributed by atoms with Crippen LogP contribution in [-0.4, -0.2) is 35.2 Å². The number of aliphatic hydroxyl groups is 1. The van der Waals surface area contributed by atoms with Gasteiger partial charge in [0.1, 0.15) is 23.0 Å². The van der Waals surface area contributed by atoms with E-state index in [-0.39, 0.29) is 51.8 Å². The van der Waals surface area contributed by atoms with E-state index in [9.17, 15) is 14.7 Å². The zero-order chi connectivity index (χ0) is 22.3. The van der Waals surface area contributed by atoms with Crippen molar-refractivity contribution < 1.29 is 24.2 Å². The van der Waals surface area contributed by atoms with E-state index in [0.717, 1.165) is 11.8 Å². The molecule has 0 saturated heterocycles. The van der Waals surface area contributed by atoms with Crippen molar-refractivity contribution in [3.05, 3.63) is 44.0 Å². The van der Waals surface area contributed by atoms with Crippen molar-refractivity contribution in [3.8, 4) is 18.1 Å². The number of amides is 1. The number of ether oxygens (including phenoxy) is 2. The highest BCUT2D eigenvalue weighted by molar-refractivity contribution is 8.18. The van der Waals surface area contributed by atoms with E-state index in [2.05, 4.69) is 10.9 Å². The van der Waals surface area contributed by atoms with Gasteiger partial charge in [0.2, 0.25) is 5.91 Å². The van der Waals surface area contributed by atoms with Gasteiger partial charge < -0.3 is 14.6 Å². The predicted molar refractivity (Wildman–Crippen MR) is 120 cm³/mol. The Balaban J connectivity index is 2.46. The van der Waals surface area contributed by atoms with Crippen molar-refractivity contribution >= 4 is 58.0 Å². The summed E-state index contributed by atoms with van der Waals surface area (Å²) in [5.41, 5.74) is 0.389. The van der Waals surface area contributed by atoms with Crippen molar-refractivity contribution in [2.75, 3.05) is 13.2 Å². The highest BCUT2D eigenvalue weighted by atomic mass is 35.5. The fourth-order valence-corrected chi connectivity index (χ4v) is 4.09. The lowest BCUT2D eigenvalue weighted by Gasteiger charge is -2.09. The summed E-state index contributed by atoms with van der Waals surface area (Å²) in [5, 5.41) is 11.2. The van der Waals surface area contributed by atoms with E-state index >= 15 is 0 Å². The molecule has 1 aromatic rings. The van der Waals surface area contributed by atoms with Gasteiger partial charge in [0.15, 0.2) is 5.75 Å². The van der Waals surface area contributed by atoms with E-state index in [1.165, 1.54) is 0 Å². The van der Waals surface area contributed by atoms with Crippen LogP contribution in [0.3, 0.4) is 0 Å². The molecule has 0 unspecified atom stereocenters. The Morgan fingerprint density at radius 1 is 1.30 bits per heavy atom. The number of carbonyl (C=O) groups is 2. The van der Waals surface area contributed by atoms with Crippen LogP contribution in [0.25, 0.3) is 6.08 Å².